The zero-order valence-electron chi connectivity index (χ0n) is 6.65. The molecule has 0 atom stereocenters. The summed E-state index contributed by atoms with van der Waals surface area (Å²) >= 11 is 0. The van der Waals surface area contributed by atoms with Gasteiger partial charge in [0.1, 0.15) is 0 Å². The average Bonchev–Trinajstić information content (AvgIpc) is 1.97. The standard InChI is InChI=1S/C7H17N2O/c1-8-6-4-2-3-5-7-9-10/h8-9H,2-7H2,1H3/q-1. The maximum absolute atomic E-state index is 9.76. The van der Waals surface area contributed by atoms with Crippen molar-refractivity contribution in [2.45, 2.75) is 25.7 Å². The third kappa shape index (κ3) is 7.88. The normalized spacial score (nSPS) is 10.2. The van der Waals surface area contributed by atoms with Crippen molar-refractivity contribution in [3.8, 4) is 0 Å². The van der Waals surface area contributed by atoms with Crippen LogP contribution in [0.2, 0.25) is 0 Å². The Balaban J connectivity index is 2.65. The molecule has 0 aromatic rings. The Morgan fingerprint density at radius 1 is 1.00 bits per heavy atom. The van der Waals surface area contributed by atoms with Crippen molar-refractivity contribution in [3.63, 3.8) is 0 Å². The van der Waals surface area contributed by atoms with Crippen molar-refractivity contribution in [2.75, 3.05) is 20.1 Å². The van der Waals surface area contributed by atoms with Crippen LogP contribution in [0, 0.1) is 5.21 Å². The van der Waals surface area contributed by atoms with Gasteiger partial charge in [0.05, 0.1) is 0 Å². The molecule has 0 radical (unpaired) electrons. The Labute approximate surface area is 62.8 Å². The number of nitrogens with one attached hydrogen (secondary N) is 2. The van der Waals surface area contributed by atoms with Crippen LogP contribution in [0.5, 0.6) is 0 Å². The summed E-state index contributed by atoms with van der Waals surface area (Å²) in [6, 6.07) is 0. The Morgan fingerprint density at radius 3 is 2.10 bits per heavy atom. The van der Waals surface area contributed by atoms with Gasteiger partial charge in [-0.3, -0.25) is 0 Å². The van der Waals surface area contributed by atoms with Gasteiger partial charge < -0.3 is 16.0 Å². The Hall–Kier alpha value is -0.120. The molecule has 3 nitrogen and oxygen atoms in total. The van der Waals surface area contributed by atoms with Crippen molar-refractivity contribution >= 4 is 0 Å². The van der Waals surface area contributed by atoms with E-state index in [-0.39, 0.29) is 0 Å². The minimum Gasteiger partial charge on any atom is -0.788 e. The lowest BCUT2D eigenvalue weighted by Crippen LogP contribution is -2.08. The lowest BCUT2D eigenvalue weighted by Gasteiger charge is -2.05. The fourth-order valence-corrected chi connectivity index (χ4v) is 0.852. The largest absolute Gasteiger partial charge is 0.788 e. The van der Waals surface area contributed by atoms with E-state index in [4.69, 9.17) is 0 Å². The van der Waals surface area contributed by atoms with Crippen LogP contribution in [0.15, 0.2) is 0 Å². The number of rotatable bonds is 7. The Kier molecular flexibility index (Phi) is 8.77. The predicted octanol–water partition coefficient (Wildman–Crippen LogP) is 0.854. The van der Waals surface area contributed by atoms with Gasteiger partial charge >= 0.3 is 0 Å². The van der Waals surface area contributed by atoms with E-state index in [9.17, 15) is 5.21 Å². The first-order valence-electron chi connectivity index (χ1n) is 3.91. The molecule has 0 heterocycles. The fourth-order valence-electron chi connectivity index (χ4n) is 0.852. The van der Waals surface area contributed by atoms with Crippen LogP contribution < -0.4 is 10.8 Å². The SMILES string of the molecule is CNCCCCCCN[O-]. The van der Waals surface area contributed by atoms with Crippen LogP contribution >= 0.6 is 0 Å². The van der Waals surface area contributed by atoms with Crippen LogP contribution in [0.3, 0.4) is 0 Å². The van der Waals surface area contributed by atoms with Gasteiger partial charge in [-0.15, -0.1) is 0 Å². The van der Waals surface area contributed by atoms with Crippen molar-refractivity contribution in [1.82, 2.24) is 10.8 Å². The van der Waals surface area contributed by atoms with E-state index < -0.39 is 0 Å². The molecule has 0 aliphatic rings. The zero-order chi connectivity index (χ0) is 7.66. The van der Waals surface area contributed by atoms with Crippen LogP contribution in [0.1, 0.15) is 25.7 Å². The third-order valence-corrected chi connectivity index (χ3v) is 1.46. The molecule has 0 spiro atoms. The fraction of sp³-hybridized carbons (Fsp3) is 1.00. The second-order valence-electron chi connectivity index (χ2n) is 2.41. The van der Waals surface area contributed by atoms with Crippen LogP contribution in [0.25, 0.3) is 0 Å². The molecule has 0 aliphatic carbocycles. The van der Waals surface area contributed by atoms with Crippen molar-refractivity contribution in [3.05, 3.63) is 5.21 Å². The molecular formula is C7H17N2O-. The number of hydrogen-bond donors (Lipinski definition) is 2. The van der Waals surface area contributed by atoms with Crippen molar-refractivity contribution < 1.29 is 0 Å². The van der Waals surface area contributed by atoms with Gasteiger partial charge in [-0.2, -0.15) is 0 Å². The first kappa shape index (κ1) is 9.88. The van der Waals surface area contributed by atoms with Crippen LogP contribution in [-0.2, 0) is 0 Å². The summed E-state index contributed by atoms with van der Waals surface area (Å²) in [4.78, 5) is 0. The van der Waals surface area contributed by atoms with Crippen LogP contribution in [0.4, 0.5) is 0 Å². The van der Waals surface area contributed by atoms with Gasteiger partial charge in [0.25, 0.3) is 0 Å². The van der Waals surface area contributed by atoms with E-state index in [1.165, 1.54) is 12.8 Å². The summed E-state index contributed by atoms with van der Waals surface area (Å²) in [6.07, 6.45) is 4.61. The van der Waals surface area contributed by atoms with Gasteiger partial charge in [0.15, 0.2) is 0 Å². The summed E-state index contributed by atoms with van der Waals surface area (Å²) in [5.41, 5.74) is 1.89. The molecule has 0 saturated heterocycles. The quantitative estimate of drug-likeness (QED) is 0.412. The lowest BCUT2D eigenvalue weighted by atomic mass is 10.2. The average molecular weight is 145 g/mol. The monoisotopic (exact) mass is 145 g/mol. The summed E-state index contributed by atoms with van der Waals surface area (Å²) < 4.78 is 0. The molecule has 0 aromatic heterocycles. The molecule has 0 amide bonds. The van der Waals surface area contributed by atoms with E-state index in [1.54, 1.807) is 0 Å². The van der Waals surface area contributed by atoms with Gasteiger partial charge in [-0.1, -0.05) is 12.8 Å². The number of hydroxylamine groups is 1. The van der Waals surface area contributed by atoms with Crippen LogP contribution in [-0.4, -0.2) is 20.1 Å². The zero-order valence-corrected chi connectivity index (χ0v) is 6.65. The highest BCUT2D eigenvalue weighted by Gasteiger charge is 1.85. The maximum Gasteiger partial charge on any atom is -0.00519 e. The molecule has 0 bridgehead atoms. The number of hydrogen-bond acceptors (Lipinski definition) is 3. The van der Waals surface area contributed by atoms with Gasteiger partial charge in [0.2, 0.25) is 0 Å². The molecule has 2 N–H and O–H groups in total. The van der Waals surface area contributed by atoms with Crippen molar-refractivity contribution in [1.29, 1.82) is 0 Å². The Bertz CT molecular complexity index is 51.6. The highest BCUT2D eigenvalue weighted by molar-refractivity contribution is 4.48. The van der Waals surface area contributed by atoms with E-state index in [1.807, 2.05) is 12.5 Å². The summed E-state index contributed by atoms with van der Waals surface area (Å²) in [5.74, 6) is 0. The second kappa shape index (κ2) is 8.88. The number of unbranched alkanes of at least 4 members (excludes halogenated alkanes) is 3. The predicted molar refractivity (Wildman–Crippen MR) is 43.8 cm³/mol. The summed E-state index contributed by atoms with van der Waals surface area (Å²) in [6.45, 7) is 1.70. The molecule has 10 heavy (non-hydrogen) atoms. The molecule has 62 valence electrons. The summed E-state index contributed by atoms with van der Waals surface area (Å²) in [7, 11) is 1.96. The second-order valence-corrected chi connectivity index (χ2v) is 2.41. The third-order valence-electron chi connectivity index (χ3n) is 1.46. The minimum absolute atomic E-state index is 0.611. The van der Waals surface area contributed by atoms with E-state index in [0.29, 0.717) is 6.54 Å². The molecule has 0 aromatic carbocycles. The highest BCUT2D eigenvalue weighted by Crippen LogP contribution is 1.96. The molecule has 0 fully saturated rings. The van der Waals surface area contributed by atoms with Gasteiger partial charge in [-0.25, -0.2) is 0 Å². The molecule has 3 heteroatoms. The van der Waals surface area contributed by atoms with Crippen molar-refractivity contribution in [2.24, 2.45) is 0 Å². The maximum atomic E-state index is 9.76. The topological polar surface area (TPSA) is 47.1 Å². The van der Waals surface area contributed by atoms with E-state index in [0.717, 1.165) is 19.4 Å². The van der Waals surface area contributed by atoms with Gasteiger partial charge in [-0.05, 0) is 33.0 Å². The lowest BCUT2D eigenvalue weighted by molar-refractivity contribution is 0.606. The minimum atomic E-state index is 0.611. The molecular weight excluding hydrogens is 128 g/mol. The molecule has 0 unspecified atom stereocenters. The van der Waals surface area contributed by atoms with Gasteiger partial charge in [0, 0.05) is 0 Å². The van der Waals surface area contributed by atoms with E-state index in [2.05, 4.69) is 5.32 Å². The summed E-state index contributed by atoms with van der Waals surface area (Å²) in [5, 5.41) is 12.8. The Morgan fingerprint density at radius 2 is 1.60 bits per heavy atom. The molecule has 0 saturated carbocycles. The first-order chi connectivity index (χ1) is 4.91. The molecule has 0 aliphatic heterocycles. The molecule has 0 rings (SSSR count). The highest BCUT2D eigenvalue weighted by atomic mass is 16.5. The van der Waals surface area contributed by atoms with E-state index >= 15 is 0 Å². The smallest absolute Gasteiger partial charge is 0.00519 e. The first-order valence-corrected chi connectivity index (χ1v) is 3.91.